The van der Waals surface area contributed by atoms with Gasteiger partial charge in [-0.15, -0.1) is 11.3 Å². The van der Waals surface area contributed by atoms with Crippen LogP contribution >= 0.6 is 11.3 Å². The van der Waals surface area contributed by atoms with E-state index in [9.17, 15) is 22.8 Å². The van der Waals surface area contributed by atoms with Gasteiger partial charge in [-0.2, -0.15) is 0 Å². The Morgan fingerprint density at radius 1 is 1.05 bits per heavy atom. The zero-order chi connectivity index (χ0) is 44.8. The van der Waals surface area contributed by atoms with Crippen molar-refractivity contribution < 1.29 is 37.1 Å². The van der Waals surface area contributed by atoms with Crippen molar-refractivity contribution in [1.29, 1.82) is 0 Å². The Balaban J connectivity index is 1.16. The van der Waals surface area contributed by atoms with Crippen LogP contribution < -0.4 is 25.2 Å². The summed E-state index contributed by atoms with van der Waals surface area (Å²) in [6.07, 6.45) is 7.97. The monoisotopic (exact) mass is 896 g/mol. The maximum Gasteiger partial charge on any atom is 0.248 e. The van der Waals surface area contributed by atoms with Crippen LogP contribution in [0.15, 0.2) is 60.0 Å². The first-order valence-corrected chi connectivity index (χ1v) is 24.2. The molecule has 0 radical (unpaired) electrons. The Morgan fingerprint density at radius 3 is 2.56 bits per heavy atom. The van der Waals surface area contributed by atoms with E-state index in [-0.39, 0.29) is 48.5 Å². The molecule has 4 aliphatic rings. The number of fused-ring (bicyclic) bond motifs is 3. The number of hydrogen-bond donors (Lipinski definition) is 3. The summed E-state index contributed by atoms with van der Waals surface area (Å²) in [7, 11) is -2.36. The maximum absolute atomic E-state index is 15.0. The van der Waals surface area contributed by atoms with Crippen molar-refractivity contribution in [3.05, 3.63) is 76.8 Å². The first kappa shape index (κ1) is 44.3. The van der Waals surface area contributed by atoms with Crippen molar-refractivity contribution in [2.75, 3.05) is 19.0 Å². The van der Waals surface area contributed by atoms with Gasteiger partial charge in [0.15, 0.2) is 5.78 Å². The molecule has 4 aromatic rings. The molecule has 0 spiro atoms. The average Bonchev–Trinajstić information content (AvgIpc) is 4.02. The topological polar surface area (TPSA) is 200 Å². The molecule has 2 saturated carbocycles. The van der Waals surface area contributed by atoms with Crippen LogP contribution in [0.4, 0.5) is 5.69 Å². The third-order valence-corrected chi connectivity index (χ3v) is 16.4. The van der Waals surface area contributed by atoms with Gasteiger partial charge < -0.3 is 25.4 Å². The predicted octanol–water partition coefficient (Wildman–Crippen LogP) is 7.21. The van der Waals surface area contributed by atoms with Crippen LogP contribution in [0.5, 0.6) is 11.5 Å². The summed E-state index contributed by atoms with van der Waals surface area (Å²) in [5, 5.41) is 6.82. The van der Waals surface area contributed by atoms with E-state index in [0.29, 0.717) is 60.5 Å². The zero-order valence-electron chi connectivity index (χ0n) is 36.4. The van der Waals surface area contributed by atoms with E-state index < -0.39 is 50.2 Å². The first-order valence-electron chi connectivity index (χ1n) is 21.9. The highest BCUT2D eigenvalue weighted by molar-refractivity contribution is 7.91. The Bertz CT molecular complexity index is 2600. The lowest BCUT2D eigenvalue weighted by Crippen LogP contribution is -2.49. The number of allylic oxidation sites excluding steroid dienone is 2. The number of carbonyl (C=O) groups excluding carboxylic acids is 4. The number of anilines is 1. The number of thiazole rings is 1. The van der Waals surface area contributed by atoms with Gasteiger partial charge in [0.2, 0.25) is 27.7 Å². The van der Waals surface area contributed by atoms with Crippen LogP contribution in [0.2, 0.25) is 0 Å². The van der Waals surface area contributed by atoms with Crippen molar-refractivity contribution in [3.63, 3.8) is 0 Å². The lowest BCUT2D eigenvalue weighted by molar-refractivity contribution is -0.139. The maximum atomic E-state index is 15.0. The number of pyridine rings is 1. The van der Waals surface area contributed by atoms with E-state index in [1.165, 1.54) is 11.3 Å². The van der Waals surface area contributed by atoms with Gasteiger partial charge in [-0.05, 0) is 94.5 Å². The summed E-state index contributed by atoms with van der Waals surface area (Å²) in [5.74, 6) is -0.885. The van der Waals surface area contributed by atoms with Gasteiger partial charge in [-0.1, -0.05) is 44.9 Å². The number of aryl methyl sites for hydroxylation is 1. The fraction of sp³-hybridized carbons (Fsp3) is 0.489. The molecule has 1 saturated heterocycles. The average molecular weight is 897 g/mol. The number of nitrogens with zero attached hydrogens (tertiary/aromatic N) is 3. The Hall–Kier alpha value is -5.35. The molecule has 63 heavy (non-hydrogen) atoms. The standard InChI is InChI=1S/C47H56N6O8S2/c1-27(2)36-26-62-43(51-36)35-22-40(33-16-17-39(60-5)28(3)41(33)50-35)61-32-21-37-38(54)24-47(45(57)52-63(58,59)46(4)18-19-46)23-30(47)13-9-7-6-8-10-15-34(44(56)53(37)25-32)49-31-14-11-12-29(20-31)42(48)55/h9,11-14,16-17,20,22,26-27,30,32,34,37,49H,6-8,10,15,18-19,21,23-25H2,1-5H3,(H2,48,55)(H,52,57)/b13-9-/t30-,32+,34-,37-,47+/m0/s1. The van der Waals surface area contributed by atoms with E-state index in [0.717, 1.165) is 40.9 Å². The lowest BCUT2D eigenvalue weighted by atomic mass is 9.91. The number of aromatic nitrogens is 2. The van der Waals surface area contributed by atoms with Crippen molar-refractivity contribution in [2.45, 2.75) is 121 Å². The minimum absolute atomic E-state index is 0.0625. The van der Waals surface area contributed by atoms with Crippen molar-refractivity contribution in [1.82, 2.24) is 19.6 Å². The second-order valence-electron chi connectivity index (χ2n) is 18.2. The third kappa shape index (κ3) is 8.93. The van der Waals surface area contributed by atoms with Gasteiger partial charge in [0.05, 0.1) is 41.1 Å². The smallest absolute Gasteiger partial charge is 0.248 e. The second kappa shape index (κ2) is 17.3. The van der Waals surface area contributed by atoms with E-state index in [4.69, 9.17) is 25.2 Å². The van der Waals surface area contributed by atoms with Gasteiger partial charge in [0.1, 0.15) is 34.3 Å². The molecular weight excluding hydrogens is 841 g/mol. The first-order chi connectivity index (χ1) is 30.0. The summed E-state index contributed by atoms with van der Waals surface area (Å²) in [6, 6.07) is 10.5. The van der Waals surface area contributed by atoms with Crippen LogP contribution in [0.3, 0.4) is 0 Å². The molecule has 2 aliphatic carbocycles. The van der Waals surface area contributed by atoms with Crippen molar-refractivity contribution in [2.24, 2.45) is 17.1 Å². The van der Waals surface area contributed by atoms with Gasteiger partial charge in [-0.25, -0.2) is 18.4 Å². The number of nitrogens with two attached hydrogens (primary N) is 1. The van der Waals surface area contributed by atoms with Crippen LogP contribution in [0, 0.1) is 18.3 Å². The molecule has 3 fully saturated rings. The molecule has 334 valence electrons. The molecule has 2 aliphatic heterocycles. The normalized spacial score (nSPS) is 25.3. The molecule has 4 N–H and O–H groups in total. The highest BCUT2D eigenvalue weighted by atomic mass is 32.2. The number of carbonyl (C=O) groups is 4. The van der Waals surface area contributed by atoms with Gasteiger partial charge in [-0.3, -0.25) is 23.9 Å². The fourth-order valence-electron chi connectivity index (χ4n) is 8.91. The minimum Gasteiger partial charge on any atom is -0.496 e. The number of hydrogen-bond acceptors (Lipinski definition) is 12. The molecular formula is C47H56N6O8S2. The zero-order valence-corrected chi connectivity index (χ0v) is 38.1. The van der Waals surface area contributed by atoms with Crippen LogP contribution in [0.25, 0.3) is 21.6 Å². The summed E-state index contributed by atoms with van der Waals surface area (Å²) in [6.45, 7) is 7.78. The predicted molar refractivity (Wildman–Crippen MR) is 242 cm³/mol. The van der Waals surface area contributed by atoms with E-state index in [1.807, 2.05) is 42.7 Å². The molecule has 8 rings (SSSR count). The van der Waals surface area contributed by atoms with E-state index in [1.54, 1.807) is 43.2 Å². The molecule has 14 nitrogen and oxygen atoms in total. The largest absolute Gasteiger partial charge is 0.496 e. The number of amides is 3. The third-order valence-electron chi connectivity index (χ3n) is 13.3. The number of benzene rings is 2. The van der Waals surface area contributed by atoms with Crippen molar-refractivity contribution in [3.8, 4) is 22.2 Å². The molecule has 16 heteroatoms. The number of methoxy groups -OCH3 is 1. The molecule has 0 unspecified atom stereocenters. The number of Topliss-reactive ketones (excluding diaryl/α,β-unsaturated/α-hetero) is 1. The number of sulfonamides is 1. The van der Waals surface area contributed by atoms with Gasteiger partial charge >= 0.3 is 0 Å². The summed E-state index contributed by atoms with van der Waals surface area (Å²) in [4.78, 5) is 67.6. The lowest BCUT2D eigenvalue weighted by Gasteiger charge is -2.30. The Labute approximate surface area is 372 Å². The van der Waals surface area contributed by atoms with Crippen LogP contribution in [0.1, 0.15) is 113 Å². The number of primary amides is 1. The van der Waals surface area contributed by atoms with Crippen molar-refractivity contribution >= 4 is 61.5 Å². The minimum atomic E-state index is -3.97. The highest BCUT2D eigenvalue weighted by Gasteiger charge is 2.62. The molecule has 4 heterocycles. The summed E-state index contributed by atoms with van der Waals surface area (Å²) < 4.78 is 40.6. The summed E-state index contributed by atoms with van der Waals surface area (Å²) in [5.41, 5.74) is 8.20. The quantitative estimate of drug-likeness (QED) is 0.129. The number of ketones is 1. The molecule has 0 bridgehead atoms. The van der Waals surface area contributed by atoms with Gasteiger partial charge in [0.25, 0.3) is 0 Å². The van der Waals surface area contributed by atoms with Gasteiger partial charge in [0, 0.05) is 46.5 Å². The Kier molecular flexibility index (Phi) is 12.2. The number of nitrogens with one attached hydrogen (secondary N) is 2. The molecule has 2 aromatic carbocycles. The molecule has 5 atom stereocenters. The van der Waals surface area contributed by atoms with E-state index in [2.05, 4.69) is 23.9 Å². The van der Waals surface area contributed by atoms with E-state index >= 15 is 4.79 Å². The number of ether oxygens (including phenoxy) is 2. The Morgan fingerprint density at radius 2 is 1.84 bits per heavy atom. The second-order valence-corrected chi connectivity index (χ2v) is 21.3. The van der Waals surface area contributed by atoms with Crippen LogP contribution in [-0.4, -0.2) is 83.4 Å². The highest BCUT2D eigenvalue weighted by Crippen LogP contribution is 2.57. The molecule has 2 aromatic heterocycles. The number of rotatable bonds is 11. The molecule has 3 amide bonds. The SMILES string of the molecule is COc1ccc2c(O[C@@H]3C[C@H]4C(=O)C[C@]5(C(=O)NS(=O)(=O)C6(C)CC6)C[C@@H]5/C=C\CCCCC[C@H](Nc5cccc(C(N)=O)c5)C(=O)N4C3)cc(-c3nc(C(C)C)cs3)nc2c1C. The fourth-order valence-corrected chi connectivity index (χ4v) is 11.2. The summed E-state index contributed by atoms with van der Waals surface area (Å²) >= 11 is 1.49. The van der Waals surface area contributed by atoms with Crippen LogP contribution in [-0.2, 0) is 24.4 Å².